The zero-order valence-electron chi connectivity index (χ0n) is 4.47. The summed E-state index contributed by atoms with van der Waals surface area (Å²) >= 11 is 0.199. The molecule has 0 fully saturated rings. The van der Waals surface area contributed by atoms with Crippen LogP contribution in [0.1, 0.15) is 0 Å². The first kappa shape index (κ1) is 9.19. The van der Waals surface area contributed by atoms with Crippen LogP contribution in [0, 0.1) is 0 Å². The van der Waals surface area contributed by atoms with Crippen LogP contribution in [-0.4, -0.2) is 26.7 Å². The molecule has 0 saturated carbocycles. The Morgan fingerprint density at radius 3 is 1.80 bits per heavy atom. The van der Waals surface area contributed by atoms with Crippen molar-refractivity contribution < 1.29 is 24.4 Å². The van der Waals surface area contributed by atoms with Crippen LogP contribution < -0.4 is 0 Å². The van der Waals surface area contributed by atoms with Crippen LogP contribution in [0.25, 0.3) is 0 Å². The second-order valence-electron chi connectivity index (χ2n) is 1.03. The highest BCUT2D eigenvalue weighted by Gasteiger charge is 2.25. The Hall–Kier alpha value is -0.810. The smallest absolute Gasteiger partial charge is 0.430 e. The molecule has 0 rings (SSSR count). The van der Waals surface area contributed by atoms with Gasteiger partial charge in [-0.1, -0.05) is 4.57 Å². The van der Waals surface area contributed by atoms with Gasteiger partial charge in [-0.25, -0.2) is 9.59 Å². The molecule has 0 radical (unpaired) electrons. The van der Waals surface area contributed by atoms with Crippen LogP contribution in [0.2, 0.25) is 0 Å². The Kier molecular flexibility index (Phi) is 3.75. The second kappa shape index (κ2) is 4.08. The summed E-state index contributed by atoms with van der Waals surface area (Å²) in [5.41, 5.74) is 0. The van der Waals surface area contributed by atoms with Crippen LogP contribution in [0.3, 0.4) is 0 Å². The van der Waals surface area contributed by atoms with E-state index >= 15 is 0 Å². The van der Waals surface area contributed by atoms with E-state index in [0.717, 1.165) is 0 Å². The molecule has 0 heterocycles. The lowest BCUT2D eigenvalue weighted by molar-refractivity contribution is 0.152. The minimum Gasteiger partial charge on any atom is -0.464 e. The van der Waals surface area contributed by atoms with Crippen molar-refractivity contribution in [3.63, 3.8) is 0 Å². The molecule has 0 aliphatic carbocycles. The monoisotopic (exact) mass is 184 g/mol. The van der Waals surface area contributed by atoms with Crippen molar-refractivity contribution in [1.82, 2.24) is 4.31 Å². The van der Waals surface area contributed by atoms with Gasteiger partial charge < -0.3 is 10.2 Å². The maximum absolute atomic E-state index is 9.92. The molecule has 0 aliphatic heterocycles. The van der Waals surface area contributed by atoms with E-state index in [9.17, 15) is 14.2 Å². The molecular formula is C2H3NO5PS+. The summed E-state index contributed by atoms with van der Waals surface area (Å²) in [4.78, 5) is 19.8. The Labute approximate surface area is 60.9 Å². The summed E-state index contributed by atoms with van der Waals surface area (Å²) in [5.74, 6) is 0. The Morgan fingerprint density at radius 2 is 1.70 bits per heavy atom. The predicted octanol–water partition coefficient (Wildman–Crippen LogP) is 1.23. The van der Waals surface area contributed by atoms with Gasteiger partial charge in [0.1, 0.15) is 0 Å². The lowest BCUT2D eigenvalue weighted by Crippen LogP contribution is -2.26. The van der Waals surface area contributed by atoms with E-state index in [1.165, 1.54) is 0 Å². The first-order valence-electron chi connectivity index (χ1n) is 1.89. The van der Waals surface area contributed by atoms with Crippen LogP contribution in [0.15, 0.2) is 0 Å². The normalized spacial score (nSPS) is 9.20. The first-order valence-corrected chi connectivity index (χ1v) is 4.30. The van der Waals surface area contributed by atoms with Gasteiger partial charge in [-0.2, -0.15) is 0 Å². The molecule has 2 N–H and O–H groups in total. The molecule has 6 nitrogen and oxygen atoms in total. The SMILES string of the molecule is O=[PH+]SN(C(=O)O)C(=O)O. The third-order valence-corrected chi connectivity index (χ3v) is 1.82. The van der Waals surface area contributed by atoms with E-state index in [0.29, 0.717) is 0 Å². The molecule has 0 aromatic rings. The zero-order valence-corrected chi connectivity index (χ0v) is 6.29. The van der Waals surface area contributed by atoms with Crippen molar-refractivity contribution in [2.45, 2.75) is 0 Å². The number of hydrogen-bond acceptors (Lipinski definition) is 4. The molecule has 56 valence electrons. The minimum atomic E-state index is -1.65. The first-order chi connectivity index (χ1) is 4.59. The van der Waals surface area contributed by atoms with Gasteiger partial charge >= 0.3 is 19.8 Å². The summed E-state index contributed by atoms with van der Waals surface area (Å²) in [6, 6.07) is 0. The molecule has 10 heavy (non-hydrogen) atoms. The lowest BCUT2D eigenvalue weighted by atomic mass is 11.0. The van der Waals surface area contributed by atoms with Crippen molar-refractivity contribution in [1.29, 1.82) is 0 Å². The maximum atomic E-state index is 9.92. The van der Waals surface area contributed by atoms with Crippen LogP contribution >= 0.6 is 19.2 Å². The average molecular weight is 184 g/mol. The van der Waals surface area contributed by atoms with Crippen molar-refractivity contribution >= 4 is 31.4 Å². The maximum Gasteiger partial charge on any atom is 0.430 e. The second-order valence-corrected chi connectivity index (χ2v) is 2.80. The molecule has 0 aliphatic rings. The van der Waals surface area contributed by atoms with Gasteiger partial charge in [0.2, 0.25) is 0 Å². The third kappa shape index (κ3) is 2.65. The zero-order chi connectivity index (χ0) is 8.15. The molecule has 1 unspecified atom stereocenters. The predicted molar refractivity (Wildman–Crippen MR) is 34.5 cm³/mol. The molecule has 2 amide bonds. The van der Waals surface area contributed by atoms with Gasteiger partial charge in [0.25, 0.3) is 11.6 Å². The largest absolute Gasteiger partial charge is 0.464 e. The van der Waals surface area contributed by atoms with Gasteiger partial charge in [-0.3, -0.25) is 0 Å². The highest BCUT2D eigenvalue weighted by atomic mass is 32.7. The van der Waals surface area contributed by atoms with E-state index in [1.54, 1.807) is 0 Å². The number of rotatable bonds is 2. The van der Waals surface area contributed by atoms with Crippen molar-refractivity contribution in [3.8, 4) is 0 Å². The highest BCUT2D eigenvalue weighted by Crippen LogP contribution is 2.22. The number of amides is 2. The van der Waals surface area contributed by atoms with Crippen molar-refractivity contribution in [2.75, 3.05) is 0 Å². The van der Waals surface area contributed by atoms with Gasteiger partial charge in [0, 0.05) is 0 Å². The molecule has 0 aromatic carbocycles. The van der Waals surface area contributed by atoms with Gasteiger partial charge in [0.15, 0.2) is 0 Å². The summed E-state index contributed by atoms with van der Waals surface area (Å²) in [5, 5.41) is 16.1. The van der Waals surface area contributed by atoms with E-state index in [4.69, 9.17) is 10.2 Å². The number of carbonyl (C=O) groups is 2. The Balaban J connectivity index is 4.11. The van der Waals surface area contributed by atoms with Crippen LogP contribution in [-0.2, 0) is 4.57 Å². The summed E-state index contributed by atoms with van der Waals surface area (Å²) in [7, 11) is -1.05. The molecule has 1 atom stereocenters. The number of imide groups is 1. The van der Waals surface area contributed by atoms with E-state index in [2.05, 4.69) is 0 Å². The highest BCUT2D eigenvalue weighted by molar-refractivity contribution is 8.44. The number of carboxylic acid groups (broad SMARTS) is 2. The quantitative estimate of drug-likeness (QED) is 0.495. The van der Waals surface area contributed by atoms with Crippen LogP contribution in [0.4, 0.5) is 9.59 Å². The summed E-state index contributed by atoms with van der Waals surface area (Å²) < 4.78 is 9.74. The molecular weight excluding hydrogens is 181 g/mol. The van der Waals surface area contributed by atoms with Gasteiger partial charge in [-0.15, -0.1) is 4.31 Å². The van der Waals surface area contributed by atoms with E-state index in [-0.39, 0.29) is 15.9 Å². The van der Waals surface area contributed by atoms with E-state index in [1.807, 2.05) is 0 Å². The Morgan fingerprint density at radius 1 is 1.30 bits per heavy atom. The van der Waals surface area contributed by atoms with Gasteiger partial charge in [-0.05, 0) is 0 Å². The topological polar surface area (TPSA) is 94.9 Å². The number of hydrogen-bond donors (Lipinski definition) is 2. The van der Waals surface area contributed by atoms with Gasteiger partial charge in [0.05, 0.1) is 0 Å². The van der Waals surface area contributed by atoms with Crippen LogP contribution in [0.5, 0.6) is 0 Å². The molecule has 0 bridgehead atoms. The van der Waals surface area contributed by atoms with Crippen molar-refractivity contribution in [3.05, 3.63) is 0 Å². The fourth-order valence-corrected chi connectivity index (χ4v) is 1.12. The standard InChI is InChI=1S/C2H2NO5PS/c4-1(5)3(2(6)7)10-9-8/h(H,4,5)(H,6,7)/p+1. The molecule has 0 aromatic heterocycles. The molecule has 8 heteroatoms. The summed E-state index contributed by atoms with van der Waals surface area (Å²) in [6.07, 6.45) is -3.30. The van der Waals surface area contributed by atoms with E-state index < -0.39 is 19.8 Å². The Bertz CT molecular complexity index is 157. The third-order valence-electron chi connectivity index (χ3n) is 0.476. The molecule has 0 spiro atoms. The fraction of sp³-hybridized carbons (Fsp3) is 0. The number of nitrogens with zero attached hydrogens (tertiary/aromatic N) is 1. The summed E-state index contributed by atoms with van der Waals surface area (Å²) in [6.45, 7) is 0. The average Bonchev–Trinajstić information content (AvgIpc) is 1.81. The molecule has 0 saturated heterocycles. The van der Waals surface area contributed by atoms with Crippen molar-refractivity contribution in [2.24, 2.45) is 0 Å². The minimum absolute atomic E-state index is 0.0363. The fourth-order valence-electron chi connectivity index (χ4n) is 0.197. The lowest BCUT2D eigenvalue weighted by Gasteiger charge is -2.00.